The Morgan fingerprint density at radius 1 is 1.29 bits per heavy atom. The Bertz CT molecular complexity index is 652. The second-order valence-corrected chi connectivity index (χ2v) is 4.07. The minimum Gasteiger partial charge on any atom is -0.263 e. The van der Waals surface area contributed by atoms with Crippen LogP contribution in [-0.4, -0.2) is 29.8 Å². The van der Waals surface area contributed by atoms with Crippen molar-refractivity contribution in [1.82, 2.24) is 29.8 Å². The van der Waals surface area contributed by atoms with Gasteiger partial charge < -0.3 is 0 Å². The lowest BCUT2D eigenvalue weighted by Crippen LogP contribution is -2.00. The SMILES string of the molecule is Cc1cn2nc(C)cc(Cc3ncn[nH]3)c2n1. The zero-order valence-corrected chi connectivity index (χ0v) is 9.68. The first kappa shape index (κ1) is 9.95. The normalized spacial score (nSPS) is 11.2. The first-order chi connectivity index (χ1) is 8.22. The molecule has 0 aliphatic heterocycles. The first-order valence-corrected chi connectivity index (χ1v) is 5.39. The Labute approximate surface area is 97.7 Å². The molecule has 3 aromatic rings. The van der Waals surface area contributed by atoms with Gasteiger partial charge in [-0.05, 0) is 19.9 Å². The highest BCUT2D eigenvalue weighted by molar-refractivity contribution is 5.49. The molecule has 0 aromatic carbocycles. The molecule has 86 valence electrons. The molecule has 0 bridgehead atoms. The number of aromatic amines is 1. The molecule has 0 unspecified atom stereocenters. The molecule has 1 N–H and O–H groups in total. The maximum Gasteiger partial charge on any atom is 0.157 e. The van der Waals surface area contributed by atoms with Crippen LogP contribution in [0.4, 0.5) is 0 Å². The van der Waals surface area contributed by atoms with Crippen LogP contribution in [0, 0.1) is 13.8 Å². The van der Waals surface area contributed by atoms with E-state index in [1.807, 2.05) is 30.6 Å². The molecule has 3 rings (SSSR count). The van der Waals surface area contributed by atoms with E-state index in [4.69, 9.17) is 0 Å². The maximum absolute atomic E-state index is 4.47. The smallest absolute Gasteiger partial charge is 0.157 e. The largest absolute Gasteiger partial charge is 0.263 e. The van der Waals surface area contributed by atoms with Crippen LogP contribution in [-0.2, 0) is 6.42 Å². The predicted octanol–water partition coefficient (Wildman–Crippen LogP) is 1.06. The van der Waals surface area contributed by atoms with E-state index in [1.165, 1.54) is 6.33 Å². The van der Waals surface area contributed by atoms with E-state index in [2.05, 4.69) is 25.3 Å². The molecule has 0 aliphatic carbocycles. The van der Waals surface area contributed by atoms with E-state index in [9.17, 15) is 0 Å². The summed E-state index contributed by atoms with van der Waals surface area (Å²) in [4.78, 5) is 8.60. The fraction of sp³-hybridized carbons (Fsp3) is 0.273. The Morgan fingerprint density at radius 2 is 2.18 bits per heavy atom. The van der Waals surface area contributed by atoms with Gasteiger partial charge in [-0.1, -0.05) is 0 Å². The standard InChI is InChI=1S/C11H12N6/c1-7-3-9(4-10-12-6-13-15-10)11-14-8(2)5-17(11)16-7/h3,5-6H,4H2,1-2H3,(H,12,13,15). The number of hydrogen-bond acceptors (Lipinski definition) is 4. The van der Waals surface area contributed by atoms with Crippen LogP contribution in [0.25, 0.3) is 5.65 Å². The fourth-order valence-corrected chi connectivity index (χ4v) is 1.92. The van der Waals surface area contributed by atoms with E-state index in [-0.39, 0.29) is 0 Å². The topological polar surface area (TPSA) is 71.8 Å². The molecule has 0 radical (unpaired) electrons. The lowest BCUT2D eigenvalue weighted by Gasteiger charge is -2.02. The lowest BCUT2D eigenvalue weighted by atomic mass is 10.2. The molecule has 0 spiro atoms. The van der Waals surface area contributed by atoms with Gasteiger partial charge in [-0.25, -0.2) is 14.5 Å². The van der Waals surface area contributed by atoms with Crippen LogP contribution in [0.2, 0.25) is 0 Å². The molecule has 17 heavy (non-hydrogen) atoms. The quantitative estimate of drug-likeness (QED) is 0.711. The monoisotopic (exact) mass is 228 g/mol. The minimum atomic E-state index is 0.684. The third-order valence-corrected chi connectivity index (χ3v) is 2.57. The summed E-state index contributed by atoms with van der Waals surface area (Å²) >= 11 is 0. The van der Waals surface area contributed by atoms with Crippen molar-refractivity contribution in [2.75, 3.05) is 0 Å². The van der Waals surface area contributed by atoms with Gasteiger partial charge in [-0.2, -0.15) is 10.2 Å². The minimum absolute atomic E-state index is 0.684. The molecular formula is C11H12N6. The summed E-state index contributed by atoms with van der Waals surface area (Å²) in [7, 11) is 0. The number of rotatable bonds is 2. The maximum atomic E-state index is 4.47. The van der Waals surface area contributed by atoms with Crippen LogP contribution in [0.1, 0.15) is 22.8 Å². The Morgan fingerprint density at radius 3 is 2.94 bits per heavy atom. The molecular weight excluding hydrogens is 216 g/mol. The average Bonchev–Trinajstić information content (AvgIpc) is 2.86. The third kappa shape index (κ3) is 1.77. The van der Waals surface area contributed by atoms with Crippen molar-refractivity contribution in [3.63, 3.8) is 0 Å². The molecule has 0 saturated heterocycles. The van der Waals surface area contributed by atoms with Crippen molar-refractivity contribution in [2.45, 2.75) is 20.3 Å². The Balaban J connectivity index is 2.14. The van der Waals surface area contributed by atoms with Crippen LogP contribution in [0.15, 0.2) is 18.6 Å². The first-order valence-electron chi connectivity index (χ1n) is 5.39. The number of nitrogens with one attached hydrogen (secondary N) is 1. The second kappa shape index (κ2) is 3.65. The van der Waals surface area contributed by atoms with E-state index in [1.54, 1.807) is 0 Å². The van der Waals surface area contributed by atoms with Crippen molar-refractivity contribution < 1.29 is 0 Å². The van der Waals surface area contributed by atoms with Crippen LogP contribution in [0.5, 0.6) is 0 Å². The molecule has 0 atom stereocenters. The molecule has 3 heterocycles. The molecule has 6 nitrogen and oxygen atoms in total. The highest BCUT2D eigenvalue weighted by atomic mass is 15.3. The van der Waals surface area contributed by atoms with Crippen molar-refractivity contribution in [3.05, 3.63) is 41.4 Å². The van der Waals surface area contributed by atoms with Gasteiger partial charge in [-0.3, -0.25) is 5.10 Å². The Kier molecular flexibility index (Phi) is 2.14. The highest BCUT2D eigenvalue weighted by Gasteiger charge is 2.09. The number of H-pyrrole nitrogens is 1. The summed E-state index contributed by atoms with van der Waals surface area (Å²) in [5, 5.41) is 11.1. The van der Waals surface area contributed by atoms with Crippen molar-refractivity contribution in [1.29, 1.82) is 0 Å². The van der Waals surface area contributed by atoms with Gasteiger partial charge >= 0.3 is 0 Å². The summed E-state index contributed by atoms with van der Waals surface area (Å²) in [6.07, 6.45) is 4.12. The van der Waals surface area contributed by atoms with Gasteiger partial charge in [0, 0.05) is 12.0 Å². The van der Waals surface area contributed by atoms with Crippen LogP contribution >= 0.6 is 0 Å². The molecule has 3 aromatic heterocycles. The van der Waals surface area contributed by atoms with Crippen molar-refractivity contribution in [2.24, 2.45) is 0 Å². The number of aromatic nitrogens is 6. The molecule has 0 saturated carbocycles. The zero-order chi connectivity index (χ0) is 11.8. The van der Waals surface area contributed by atoms with E-state index < -0.39 is 0 Å². The summed E-state index contributed by atoms with van der Waals surface area (Å²) in [5.74, 6) is 0.832. The van der Waals surface area contributed by atoms with Gasteiger partial charge in [0.1, 0.15) is 12.2 Å². The van der Waals surface area contributed by atoms with Gasteiger partial charge in [-0.15, -0.1) is 0 Å². The third-order valence-electron chi connectivity index (χ3n) is 2.57. The average molecular weight is 228 g/mol. The van der Waals surface area contributed by atoms with Gasteiger partial charge in [0.25, 0.3) is 0 Å². The number of hydrogen-bond donors (Lipinski definition) is 1. The van der Waals surface area contributed by atoms with Gasteiger partial charge in [0.05, 0.1) is 17.6 Å². The molecule has 0 aliphatic rings. The number of fused-ring (bicyclic) bond motifs is 1. The summed E-state index contributed by atoms with van der Waals surface area (Å²) in [6, 6.07) is 2.03. The highest BCUT2D eigenvalue weighted by Crippen LogP contribution is 2.13. The summed E-state index contributed by atoms with van der Waals surface area (Å²) in [6.45, 7) is 3.93. The van der Waals surface area contributed by atoms with E-state index in [0.717, 1.165) is 28.4 Å². The van der Waals surface area contributed by atoms with Crippen LogP contribution < -0.4 is 0 Å². The number of aryl methyl sites for hydroxylation is 2. The molecule has 6 heteroatoms. The second-order valence-electron chi connectivity index (χ2n) is 4.07. The van der Waals surface area contributed by atoms with Crippen LogP contribution in [0.3, 0.4) is 0 Å². The number of nitrogens with zero attached hydrogens (tertiary/aromatic N) is 5. The zero-order valence-electron chi connectivity index (χ0n) is 9.68. The summed E-state index contributed by atoms with van der Waals surface area (Å²) in [5.41, 5.74) is 3.90. The Hall–Kier alpha value is -2.24. The van der Waals surface area contributed by atoms with E-state index in [0.29, 0.717) is 6.42 Å². The molecule has 0 amide bonds. The fourth-order valence-electron chi connectivity index (χ4n) is 1.92. The molecule has 0 fully saturated rings. The lowest BCUT2D eigenvalue weighted by molar-refractivity contribution is 0.875. The van der Waals surface area contributed by atoms with Crippen molar-refractivity contribution in [3.8, 4) is 0 Å². The van der Waals surface area contributed by atoms with Gasteiger partial charge in [0.2, 0.25) is 0 Å². The predicted molar refractivity (Wildman–Crippen MR) is 61.6 cm³/mol. The number of imidazole rings is 1. The van der Waals surface area contributed by atoms with Gasteiger partial charge in [0.15, 0.2) is 5.65 Å². The van der Waals surface area contributed by atoms with E-state index >= 15 is 0 Å². The summed E-state index contributed by atoms with van der Waals surface area (Å²) < 4.78 is 1.82. The van der Waals surface area contributed by atoms with Crippen molar-refractivity contribution >= 4 is 5.65 Å².